The van der Waals surface area contributed by atoms with Crippen LogP contribution in [0.5, 0.6) is 0 Å². The van der Waals surface area contributed by atoms with Crippen LogP contribution in [-0.4, -0.2) is 34.5 Å². The predicted molar refractivity (Wildman–Crippen MR) is 99.3 cm³/mol. The van der Waals surface area contributed by atoms with Crippen LogP contribution in [0.4, 0.5) is 10.1 Å². The van der Waals surface area contributed by atoms with E-state index in [1.165, 1.54) is 24.3 Å². The van der Waals surface area contributed by atoms with Crippen molar-refractivity contribution in [3.8, 4) is 0 Å². The van der Waals surface area contributed by atoms with Crippen molar-refractivity contribution in [2.24, 2.45) is 0 Å². The maximum absolute atomic E-state index is 13.6. The van der Waals surface area contributed by atoms with E-state index in [-0.39, 0.29) is 16.5 Å². The van der Waals surface area contributed by atoms with E-state index in [9.17, 15) is 17.6 Å². The lowest BCUT2D eigenvalue weighted by Crippen LogP contribution is -2.26. The highest BCUT2D eigenvalue weighted by molar-refractivity contribution is 7.92. The van der Waals surface area contributed by atoms with E-state index >= 15 is 0 Å². The zero-order valence-corrected chi connectivity index (χ0v) is 15.5. The van der Waals surface area contributed by atoms with E-state index < -0.39 is 15.8 Å². The number of amides is 1. The third-order valence-corrected chi connectivity index (χ3v) is 5.10. The number of carbonyl (C=O) groups excluding carboxylic acids is 1. The summed E-state index contributed by atoms with van der Waals surface area (Å²) < 4.78 is 40.8. The molecule has 3 N–H and O–H groups in total. The first kappa shape index (κ1) is 19.9. The lowest BCUT2D eigenvalue weighted by atomic mass is 10.2. The smallest absolute Gasteiger partial charge is 0.261 e. The Labute approximate surface area is 152 Å². The summed E-state index contributed by atoms with van der Waals surface area (Å²) in [7, 11) is -2.12. The molecule has 0 radical (unpaired) electrons. The van der Waals surface area contributed by atoms with Gasteiger partial charge in [-0.1, -0.05) is 12.1 Å². The molecule has 0 saturated heterocycles. The molecule has 0 aromatic heterocycles. The van der Waals surface area contributed by atoms with E-state index in [4.69, 9.17) is 0 Å². The second-order valence-corrected chi connectivity index (χ2v) is 7.49. The first-order valence-electron chi connectivity index (χ1n) is 8.15. The number of sulfonamides is 1. The van der Waals surface area contributed by atoms with Crippen LogP contribution in [-0.2, 0) is 10.0 Å². The molecule has 0 aliphatic heterocycles. The van der Waals surface area contributed by atoms with Crippen molar-refractivity contribution < 1.29 is 17.6 Å². The highest BCUT2D eigenvalue weighted by Crippen LogP contribution is 2.19. The largest absolute Gasteiger partial charge is 0.352 e. The average molecular weight is 379 g/mol. The van der Waals surface area contributed by atoms with E-state index in [2.05, 4.69) is 15.4 Å². The van der Waals surface area contributed by atoms with Gasteiger partial charge in [-0.3, -0.25) is 9.52 Å². The Hall–Kier alpha value is -2.45. The molecule has 8 heteroatoms. The van der Waals surface area contributed by atoms with E-state index in [0.717, 1.165) is 19.0 Å². The molecule has 2 rings (SSSR count). The normalized spacial score (nSPS) is 11.2. The molecular weight excluding hydrogens is 357 g/mol. The Bertz CT molecular complexity index is 885. The summed E-state index contributed by atoms with van der Waals surface area (Å²) in [6.07, 6.45) is 0.785. The molecule has 0 bridgehead atoms. The predicted octanol–water partition coefficient (Wildman–Crippen LogP) is 2.27. The fourth-order valence-electron chi connectivity index (χ4n) is 2.25. The summed E-state index contributed by atoms with van der Waals surface area (Å²) in [5.41, 5.74) is 0.930. The molecule has 2 aromatic carbocycles. The number of halogens is 1. The fourth-order valence-corrected chi connectivity index (χ4v) is 3.31. The van der Waals surface area contributed by atoms with Gasteiger partial charge in [-0.25, -0.2) is 12.8 Å². The minimum Gasteiger partial charge on any atom is -0.352 e. The van der Waals surface area contributed by atoms with Crippen LogP contribution in [0.15, 0.2) is 47.4 Å². The van der Waals surface area contributed by atoms with Crippen molar-refractivity contribution in [3.05, 3.63) is 59.4 Å². The van der Waals surface area contributed by atoms with Crippen molar-refractivity contribution in [2.75, 3.05) is 24.9 Å². The highest BCUT2D eigenvalue weighted by atomic mass is 32.2. The van der Waals surface area contributed by atoms with Gasteiger partial charge >= 0.3 is 0 Å². The van der Waals surface area contributed by atoms with Gasteiger partial charge in [0.25, 0.3) is 15.9 Å². The number of carbonyl (C=O) groups is 1. The molecule has 0 unspecified atom stereocenters. The van der Waals surface area contributed by atoms with Gasteiger partial charge in [-0.15, -0.1) is 0 Å². The maximum atomic E-state index is 13.6. The first-order valence-corrected chi connectivity index (χ1v) is 9.63. The molecule has 1 amide bonds. The van der Waals surface area contributed by atoms with Crippen molar-refractivity contribution in [1.82, 2.24) is 10.6 Å². The molecule has 0 atom stereocenters. The van der Waals surface area contributed by atoms with Crippen LogP contribution in [0.2, 0.25) is 0 Å². The Balaban J connectivity index is 2.12. The zero-order chi connectivity index (χ0) is 19.2. The van der Waals surface area contributed by atoms with Gasteiger partial charge < -0.3 is 10.6 Å². The van der Waals surface area contributed by atoms with Crippen molar-refractivity contribution in [2.45, 2.75) is 18.2 Å². The molecule has 140 valence electrons. The van der Waals surface area contributed by atoms with Gasteiger partial charge in [-0.2, -0.15) is 0 Å². The van der Waals surface area contributed by atoms with Crippen LogP contribution in [0.1, 0.15) is 22.3 Å². The number of hydrogen-bond donors (Lipinski definition) is 3. The zero-order valence-electron chi connectivity index (χ0n) is 14.7. The minimum atomic E-state index is -3.95. The topological polar surface area (TPSA) is 87.3 Å². The second kappa shape index (κ2) is 8.77. The van der Waals surface area contributed by atoms with Crippen LogP contribution < -0.4 is 15.4 Å². The Morgan fingerprint density at radius 2 is 1.88 bits per heavy atom. The summed E-state index contributed by atoms with van der Waals surface area (Å²) in [6, 6.07) is 9.84. The van der Waals surface area contributed by atoms with Crippen molar-refractivity contribution >= 4 is 21.6 Å². The minimum absolute atomic E-state index is 0.178. The molecule has 2 aromatic rings. The van der Waals surface area contributed by atoms with E-state index in [1.807, 2.05) is 7.05 Å². The summed E-state index contributed by atoms with van der Waals surface area (Å²) in [5.74, 6) is -0.883. The van der Waals surface area contributed by atoms with Gasteiger partial charge in [0.2, 0.25) is 0 Å². The average Bonchev–Trinajstić information content (AvgIpc) is 2.60. The van der Waals surface area contributed by atoms with Gasteiger partial charge in [0.1, 0.15) is 5.82 Å². The monoisotopic (exact) mass is 379 g/mol. The molecule has 0 spiro atoms. The van der Waals surface area contributed by atoms with Crippen LogP contribution >= 0.6 is 0 Å². The standard InChI is InChI=1S/C18H22FN3O3S/c1-13-7-8-16(12-17(13)19)26(24,25)22-15-6-3-5-14(11-15)18(23)21-10-4-9-20-2/h3,5-8,11-12,20,22H,4,9-10H2,1-2H3,(H,21,23). The Kier molecular flexibility index (Phi) is 6.70. The van der Waals surface area contributed by atoms with Crippen LogP contribution in [0.3, 0.4) is 0 Å². The first-order chi connectivity index (χ1) is 12.3. The SMILES string of the molecule is CNCCCNC(=O)c1cccc(NS(=O)(=O)c2ccc(C)c(F)c2)c1. The lowest BCUT2D eigenvalue weighted by Gasteiger charge is -2.10. The van der Waals surface area contributed by atoms with Gasteiger partial charge in [-0.05, 0) is 62.8 Å². The van der Waals surface area contributed by atoms with Crippen molar-refractivity contribution in [3.63, 3.8) is 0 Å². The summed E-state index contributed by atoms with van der Waals surface area (Å²) in [5, 5.41) is 5.75. The third kappa shape index (κ3) is 5.27. The molecular formula is C18H22FN3O3S. The Morgan fingerprint density at radius 3 is 2.58 bits per heavy atom. The van der Waals surface area contributed by atoms with Gasteiger partial charge in [0.05, 0.1) is 4.90 Å². The lowest BCUT2D eigenvalue weighted by molar-refractivity contribution is 0.0953. The number of hydrogen-bond acceptors (Lipinski definition) is 4. The molecule has 0 aliphatic rings. The van der Waals surface area contributed by atoms with Crippen molar-refractivity contribution in [1.29, 1.82) is 0 Å². The summed E-state index contributed by atoms with van der Waals surface area (Å²) in [4.78, 5) is 11.9. The summed E-state index contributed by atoms with van der Waals surface area (Å²) >= 11 is 0. The summed E-state index contributed by atoms with van der Waals surface area (Å²) in [6.45, 7) is 2.85. The molecule has 26 heavy (non-hydrogen) atoms. The molecule has 0 saturated carbocycles. The fraction of sp³-hybridized carbons (Fsp3) is 0.278. The molecule has 0 heterocycles. The molecule has 0 fully saturated rings. The highest BCUT2D eigenvalue weighted by Gasteiger charge is 2.16. The second-order valence-electron chi connectivity index (χ2n) is 5.81. The third-order valence-electron chi connectivity index (χ3n) is 3.72. The maximum Gasteiger partial charge on any atom is 0.261 e. The quantitative estimate of drug-likeness (QED) is 0.614. The number of benzene rings is 2. The number of rotatable bonds is 8. The number of anilines is 1. The van der Waals surface area contributed by atoms with Gasteiger partial charge in [0.15, 0.2) is 0 Å². The Morgan fingerprint density at radius 1 is 1.12 bits per heavy atom. The number of nitrogens with one attached hydrogen (secondary N) is 3. The van der Waals surface area contributed by atoms with Gasteiger partial charge in [0, 0.05) is 17.8 Å². The van der Waals surface area contributed by atoms with E-state index in [0.29, 0.717) is 17.7 Å². The van der Waals surface area contributed by atoms with Crippen LogP contribution in [0, 0.1) is 12.7 Å². The molecule has 6 nitrogen and oxygen atoms in total. The molecule has 0 aliphatic carbocycles. The van der Waals surface area contributed by atoms with Crippen LogP contribution in [0.25, 0.3) is 0 Å². The van der Waals surface area contributed by atoms with E-state index in [1.54, 1.807) is 19.1 Å². The number of aryl methyl sites for hydroxylation is 1.